The zero-order valence-corrected chi connectivity index (χ0v) is 15.9. The Hall–Kier alpha value is -1.76. The molecule has 0 spiro atoms. The first-order chi connectivity index (χ1) is 11.9. The van der Waals surface area contributed by atoms with Crippen LogP contribution in [0.2, 0.25) is 0 Å². The molecule has 0 saturated heterocycles. The van der Waals surface area contributed by atoms with E-state index in [1.807, 2.05) is 0 Å². The van der Waals surface area contributed by atoms with Crippen LogP contribution >= 0.6 is 0 Å². The van der Waals surface area contributed by atoms with Crippen molar-refractivity contribution in [2.24, 2.45) is 0 Å². The summed E-state index contributed by atoms with van der Waals surface area (Å²) in [5.74, 6) is -0.321. The van der Waals surface area contributed by atoms with Gasteiger partial charge in [-0.15, -0.1) is 0 Å². The standard InChI is InChI=1S/C19H30N4O2/c1-20(2)12-13-22(4)15-14-21(3)10-7-11-23-18(24)16-8-5-6-9-17(16)19(23)25/h5-6,8-9H,7,10-15H2,1-4H3. The number of rotatable bonds is 10. The van der Waals surface area contributed by atoms with Crippen molar-refractivity contribution in [1.29, 1.82) is 0 Å². The molecule has 6 heteroatoms. The Morgan fingerprint density at radius 1 is 0.760 bits per heavy atom. The first-order valence-corrected chi connectivity index (χ1v) is 8.87. The van der Waals surface area contributed by atoms with Crippen LogP contribution < -0.4 is 0 Å². The summed E-state index contributed by atoms with van der Waals surface area (Å²) in [5.41, 5.74) is 1.06. The van der Waals surface area contributed by atoms with Crippen LogP contribution in [0.3, 0.4) is 0 Å². The molecule has 1 heterocycles. The lowest BCUT2D eigenvalue weighted by atomic mass is 10.1. The minimum absolute atomic E-state index is 0.160. The van der Waals surface area contributed by atoms with E-state index in [-0.39, 0.29) is 11.8 Å². The number of benzene rings is 1. The molecule has 2 amide bonds. The average molecular weight is 346 g/mol. The Bertz CT molecular complexity index is 568. The van der Waals surface area contributed by atoms with Crippen molar-refractivity contribution < 1.29 is 9.59 Å². The Morgan fingerprint density at radius 3 is 1.76 bits per heavy atom. The van der Waals surface area contributed by atoms with E-state index in [0.29, 0.717) is 17.7 Å². The van der Waals surface area contributed by atoms with Crippen molar-refractivity contribution in [3.05, 3.63) is 35.4 Å². The highest BCUT2D eigenvalue weighted by atomic mass is 16.2. The number of hydrogen-bond acceptors (Lipinski definition) is 5. The van der Waals surface area contributed by atoms with Gasteiger partial charge in [-0.25, -0.2) is 0 Å². The van der Waals surface area contributed by atoms with E-state index >= 15 is 0 Å². The van der Waals surface area contributed by atoms with Gasteiger partial charge in [-0.05, 0) is 53.3 Å². The van der Waals surface area contributed by atoms with Gasteiger partial charge < -0.3 is 14.7 Å². The van der Waals surface area contributed by atoms with Crippen molar-refractivity contribution in [2.75, 3.05) is 67.5 Å². The molecular formula is C19H30N4O2. The molecule has 0 aliphatic carbocycles. The summed E-state index contributed by atoms with van der Waals surface area (Å²) in [7, 11) is 8.39. The van der Waals surface area contributed by atoms with Crippen LogP contribution in [0.4, 0.5) is 0 Å². The van der Waals surface area contributed by atoms with Gasteiger partial charge in [0.15, 0.2) is 0 Å². The molecule has 0 aromatic heterocycles. The summed E-state index contributed by atoms with van der Waals surface area (Å²) in [4.78, 5) is 32.7. The normalized spacial score (nSPS) is 14.3. The van der Waals surface area contributed by atoms with Gasteiger partial charge in [0.1, 0.15) is 0 Å². The fourth-order valence-electron chi connectivity index (χ4n) is 2.88. The first kappa shape index (κ1) is 19.6. The van der Waals surface area contributed by atoms with Crippen molar-refractivity contribution in [3.63, 3.8) is 0 Å². The highest BCUT2D eigenvalue weighted by Crippen LogP contribution is 2.22. The van der Waals surface area contributed by atoms with Crippen LogP contribution in [0.5, 0.6) is 0 Å². The minimum Gasteiger partial charge on any atom is -0.308 e. The summed E-state index contributed by atoms with van der Waals surface area (Å²) in [6.07, 6.45) is 0.795. The fourth-order valence-corrected chi connectivity index (χ4v) is 2.88. The molecule has 0 fully saturated rings. The molecule has 0 saturated carbocycles. The highest BCUT2D eigenvalue weighted by Gasteiger charge is 2.34. The van der Waals surface area contributed by atoms with Crippen LogP contribution in [0.1, 0.15) is 27.1 Å². The van der Waals surface area contributed by atoms with Crippen molar-refractivity contribution in [1.82, 2.24) is 19.6 Å². The van der Waals surface area contributed by atoms with Crippen molar-refractivity contribution in [3.8, 4) is 0 Å². The van der Waals surface area contributed by atoms with Crippen LogP contribution in [-0.2, 0) is 0 Å². The maximum Gasteiger partial charge on any atom is 0.261 e. The monoisotopic (exact) mass is 346 g/mol. The molecule has 0 radical (unpaired) electrons. The lowest BCUT2D eigenvalue weighted by Gasteiger charge is -2.23. The third-order valence-electron chi connectivity index (χ3n) is 4.59. The Labute approximate surface area is 151 Å². The molecule has 0 N–H and O–H groups in total. The van der Waals surface area contributed by atoms with Gasteiger partial charge in [0, 0.05) is 32.7 Å². The zero-order chi connectivity index (χ0) is 18.4. The second-order valence-electron chi connectivity index (χ2n) is 7.07. The molecule has 1 aliphatic heterocycles. The minimum atomic E-state index is -0.160. The summed E-state index contributed by atoms with van der Waals surface area (Å²) in [5, 5.41) is 0. The van der Waals surface area contributed by atoms with E-state index in [4.69, 9.17) is 0 Å². The van der Waals surface area contributed by atoms with Gasteiger partial charge in [0.2, 0.25) is 0 Å². The van der Waals surface area contributed by atoms with Gasteiger partial charge in [-0.2, -0.15) is 0 Å². The van der Waals surface area contributed by atoms with Crippen molar-refractivity contribution in [2.45, 2.75) is 6.42 Å². The lowest BCUT2D eigenvalue weighted by molar-refractivity contribution is 0.0648. The predicted octanol–water partition coefficient (Wildman–Crippen LogP) is 1.10. The van der Waals surface area contributed by atoms with Crippen LogP contribution in [-0.4, -0.2) is 98.9 Å². The van der Waals surface area contributed by atoms with E-state index in [9.17, 15) is 9.59 Å². The summed E-state index contributed by atoms with van der Waals surface area (Å²) in [6.45, 7) is 5.45. The lowest BCUT2D eigenvalue weighted by Crippen LogP contribution is -2.36. The van der Waals surface area contributed by atoms with Crippen LogP contribution in [0.15, 0.2) is 24.3 Å². The van der Waals surface area contributed by atoms with E-state index in [1.54, 1.807) is 24.3 Å². The number of carbonyl (C=O) groups is 2. The zero-order valence-electron chi connectivity index (χ0n) is 15.9. The average Bonchev–Trinajstić information content (AvgIpc) is 2.83. The third kappa shape index (κ3) is 5.36. The van der Waals surface area contributed by atoms with Gasteiger partial charge in [0.05, 0.1) is 11.1 Å². The summed E-state index contributed by atoms with van der Waals surface area (Å²) >= 11 is 0. The Balaban J connectivity index is 1.69. The maximum atomic E-state index is 12.3. The molecule has 1 aromatic carbocycles. The number of carbonyl (C=O) groups excluding carboxylic acids is 2. The summed E-state index contributed by atoms with van der Waals surface area (Å²) < 4.78 is 0. The number of fused-ring (bicyclic) bond motifs is 1. The maximum absolute atomic E-state index is 12.3. The number of hydrogen-bond donors (Lipinski definition) is 0. The molecule has 138 valence electrons. The third-order valence-corrected chi connectivity index (χ3v) is 4.59. The molecule has 25 heavy (non-hydrogen) atoms. The molecule has 1 aliphatic rings. The van der Waals surface area contributed by atoms with Gasteiger partial charge in [-0.1, -0.05) is 12.1 Å². The Kier molecular flexibility index (Phi) is 7.11. The number of likely N-dealkylation sites (N-methyl/N-ethyl adjacent to an activating group) is 3. The summed E-state index contributed by atoms with van der Waals surface area (Å²) in [6, 6.07) is 7.05. The fraction of sp³-hybridized carbons (Fsp3) is 0.579. The van der Waals surface area contributed by atoms with Crippen LogP contribution in [0, 0.1) is 0 Å². The molecule has 0 atom stereocenters. The first-order valence-electron chi connectivity index (χ1n) is 8.87. The number of amides is 2. The molecule has 0 bridgehead atoms. The number of imide groups is 1. The van der Waals surface area contributed by atoms with E-state index < -0.39 is 0 Å². The van der Waals surface area contributed by atoms with Gasteiger partial charge in [-0.3, -0.25) is 14.5 Å². The molecule has 0 unspecified atom stereocenters. The molecule has 2 rings (SSSR count). The largest absolute Gasteiger partial charge is 0.308 e. The van der Waals surface area contributed by atoms with Crippen molar-refractivity contribution >= 4 is 11.8 Å². The second kappa shape index (κ2) is 9.08. The predicted molar refractivity (Wildman–Crippen MR) is 100.0 cm³/mol. The Morgan fingerprint density at radius 2 is 1.24 bits per heavy atom. The number of nitrogens with zero attached hydrogens (tertiary/aromatic N) is 4. The molecular weight excluding hydrogens is 316 g/mol. The van der Waals surface area contributed by atoms with Gasteiger partial charge >= 0.3 is 0 Å². The second-order valence-corrected chi connectivity index (χ2v) is 7.07. The highest BCUT2D eigenvalue weighted by molar-refractivity contribution is 6.21. The molecule has 6 nitrogen and oxygen atoms in total. The topological polar surface area (TPSA) is 47.1 Å². The quantitative estimate of drug-likeness (QED) is 0.594. The van der Waals surface area contributed by atoms with E-state index in [0.717, 1.165) is 39.1 Å². The smallest absolute Gasteiger partial charge is 0.261 e. The van der Waals surface area contributed by atoms with Crippen LogP contribution in [0.25, 0.3) is 0 Å². The van der Waals surface area contributed by atoms with Gasteiger partial charge in [0.25, 0.3) is 11.8 Å². The van der Waals surface area contributed by atoms with E-state index in [2.05, 4.69) is 42.9 Å². The SMILES string of the molecule is CN(C)CCN(C)CCN(C)CCCN1C(=O)c2ccccc2C1=O. The van der Waals surface area contributed by atoms with E-state index in [1.165, 1.54) is 4.90 Å². The molecule has 1 aromatic rings.